The van der Waals surface area contributed by atoms with Crippen molar-refractivity contribution in [2.45, 2.75) is 20.8 Å². The van der Waals surface area contributed by atoms with E-state index in [1.165, 1.54) is 6.08 Å². The summed E-state index contributed by atoms with van der Waals surface area (Å²) in [6.07, 6.45) is 1.37. The van der Waals surface area contributed by atoms with E-state index in [4.69, 9.17) is 15.1 Å². The van der Waals surface area contributed by atoms with Crippen LogP contribution in [0.25, 0.3) is 6.08 Å². The van der Waals surface area contributed by atoms with Crippen molar-refractivity contribution in [3.05, 3.63) is 28.8 Å². The van der Waals surface area contributed by atoms with Gasteiger partial charge in [0, 0.05) is 13.1 Å². The number of benzene rings is 1. The van der Waals surface area contributed by atoms with E-state index in [0.717, 1.165) is 24.3 Å². The predicted molar refractivity (Wildman–Crippen MR) is 82.5 cm³/mol. The van der Waals surface area contributed by atoms with Crippen LogP contribution >= 0.6 is 0 Å². The maximum atomic E-state index is 10.9. The summed E-state index contributed by atoms with van der Waals surface area (Å²) in [6, 6.07) is 5.40. The summed E-state index contributed by atoms with van der Waals surface area (Å²) in [4.78, 5) is 13.1. The van der Waals surface area contributed by atoms with Crippen molar-refractivity contribution in [2.24, 2.45) is 0 Å². The molecule has 112 valence electrons. The first-order valence-electron chi connectivity index (χ1n) is 6.77. The molecule has 0 aliphatic rings. The average Bonchev–Trinajstić information content (AvgIpc) is 2.47. The van der Waals surface area contributed by atoms with E-state index < -0.39 is 5.97 Å². The predicted octanol–water partition coefficient (Wildman–Crippen LogP) is 2.84. The van der Waals surface area contributed by atoms with E-state index in [-0.39, 0.29) is 5.57 Å². The molecule has 0 saturated carbocycles. The number of carbonyl (C=O) groups is 1. The number of rotatable bonds is 6. The Balaban J connectivity index is 3.40. The number of aliphatic carboxylic acids is 1. The number of nitriles is 1. The monoisotopic (exact) mass is 288 g/mol. The van der Waals surface area contributed by atoms with E-state index in [1.807, 2.05) is 13.0 Å². The van der Waals surface area contributed by atoms with Gasteiger partial charge in [0.1, 0.15) is 17.4 Å². The highest BCUT2D eigenvalue weighted by Gasteiger charge is 2.13. The molecule has 0 radical (unpaired) electrons. The number of hydrogen-bond acceptors (Lipinski definition) is 4. The maximum Gasteiger partial charge on any atom is 0.346 e. The quantitative estimate of drug-likeness (QED) is 0.643. The molecule has 5 nitrogen and oxygen atoms in total. The zero-order chi connectivity index (χ0) is 16.0. The van der Waals surface area contributed by atoms with E-state index >= 15 is 0 Å². The number of ether oxygens (including phenoxy) is 1. The molecular weight excluding hydrogens is 268 g/mol. The van der Waals surface area contributed by atoms with Gasteiger partial charge in [-0.1, -0.05) is 0 Å². The molecule has 21 heavy (non-hydrogen) atoms. The first kappa shape index (κ1) is 16.6. The van der Waals surface area contributed by atoms with Gasteiger partial charge in [0.25, 0.3) is 0 Å². The molecular formula is C16H20N2O3. The Labute approximate surface area is 125 Å². The van der Waals surface area contributed by atoms with Crippen molar-refractivity contribution in [3.63, 3.8) is 0 Å². The van der Waals surface area contributed by atoms with Gasteiger partial charge < -0.3 is 14.7 Å². The van der Waals surface area contributed by atoms with Gasteiger partial charge in [0.05, 0.1) is 12.8 Å². The molecule has 0 bridgehead atoms. The van der Waals surface area contributed by atoms with E-state index in [1.54, 1.807) is 19.2 Å². The zero-order valence-corrected chi connectivity index (χ0v) is 12.8. The van der Waals surface area contributed by atoms with Crippen LogP contribution in [0.2, 0.25) is 0 Å². The normalized spacial score (nSPS) is 10.9. The molecule has 0 atom stereocenters. The van der Waals surface area contributed by atoms with E-state index in [0.29, 0.717) is 11.3 Å². The minimum atomic E-state index is -1.23. The van der Waals surface area contributed by atoms with Crippen molar-refractivity contribution in [1.82, 2.24) is 0 Å². The number of hydrogen-bond donors (Lipinski definition) is 1. The van der Waals surface area contributed by atoms with Gasteiger partial charge in [-0.25, -0.2) is 4.79 Å². The second kappa shape index (κ2) is 7.34. The summed E-state index contributed by atoms with van der Waals surface area (Å²) in [7, 11) is 1.58. The van der Waals surface area contributed by atoms with Gasteiger partial charge in [-0.15, -0.1) is 0 Å². The lowest BCUT2D eigenvalue weighted by atomic mass is 10.0. The van der Waals surface area contributed by atoms with Crippen LogP contribution in [0.5, 0.6) is 5.75 Å². The highest BCUT2D eigenvalue weighted by molar-refractivity contribution is 5.96. The van der Waals surface area contributed by atoms with Gasteiger partial charge in [0.15, 0.2) is 0 Å². The lowest BCUT2D eigenvalue weighted by molar-refractivity contribution is -0.132. The molecule has 0 aromatic heterocycles. The molecule has 1 aromatic carbocycles. The highest BCUT2D eigenvalue weighted by atomic mass is 16.5. The van der Waals surface area contributed by atoms with E-state index in [9.17, 15) is 4.79 Å². The summed E-state index contributed by atoms with van der Waals surface area (Å²) < 4.78 is 5.40. The molecule has 0 amide bonds. The first-order chi connectivity index (χ1) is 9.98. The van der Waals surface area contributed by atoms with Crippen LogP contribution in [0.4, 0.5) is 5.69 Å². The molecule has 0 aliphatic heterocycles. The molecule has 0 unspecified atom stereocenters. The summed E-state index contributed by atoms with van der Waals surface area (Å²) in [5.41, 5.74) is 2.23. The lowest BCUT2D eigenvalue weighted by Crippen LogP contribution is -2.22. The molecule has 1 aromatic rings. The smallest absolute Gasteiger partial charge is 0.346 e. The van der Waals surface area contributed by atoms with Gasteiger partial charge in [-0.05, 0) is 50.1 Å². The fourth-order valence-electron chi connectivity index (χ4n) is 2.12. The Bertz CT molecular complexity index is 596. The Morgan fingerprint density at radius 2 is 2.05 bits per heavy atom. The second-order valence-corrected chi connectivity index (χ2v) is 4.53. The molecule has 0 aliphatic carbocycles. The summed E-state index contributed by atoms with van der Waals surface area (Å²) >= 11 is 0. The standard InChI is InChI=1S/C16H20N2O3/c1-5-18(6-2)14-7-11(3)12(9-15(14)21-4)8-13(10-17)16(19)20/h7-9H,5-6H2,1-4H3,(H,19,20). The molecule has 5 heteroatoms. The first-order valence-corrected chi connectivity index (χ1v) is 6.77. The zero-order valence-electron chi connectivity index (χ0n) is 12.8. The van der Waals surface area contributed by atoms with Gasteiger partial charge in [0.2, 0.25) is 0 Å². The summed E-state index contributed by atoms with van der Waals surface area (Å²) in [6.45, 7) is 7.70. The van der Waals surface area contributed by atoms with Crippen LogP contribution < -0.4 is 9.64 Å². The third-order valence-corrected chi connectivity index (χ3v) is 3.32. The molecule has 0 fully saturated rings. The van der Waals surface area contributed by atoms with Crippen molar-refractivity contribution in [2.75, 3.05) is 25.1 Å². The second-order valence-electron chi connectivity index (χ2n) is 4.53. The van der Waals surface area contributed by atoms with Crippen molar-refractivity contribution >= 4 is 17.7 Å². The Morgan fingerprint density at radius 3 is 2.48 bits per heavy atom. The molecule has 0 spiro atoms. The van der Waals surface area contributed by atoms with Crippen molar-refractivity contribution in [3.8, 4) is 11.8 Å². The van der Waals surface area contributed by atoms with Crippen molar-refractivity contribution in [1.29, 1.82) is 5.26 Å². The van der Waals surface area contributed by atoms with Crippen LogP contribution in [0, 0.1) is 18.3 Å². The number of methoxy groups -OCH3 is 1. The Hall–Kier alpha value is -2.48. The van der Waals surface area contributed by atoms with Crippen LogP contribution in [-0.2, 0) is 4.79 Å². The minimum absolute atomic E-state index is 0.296. The molecule has 1 N–H and O–H groups in total. The highest BCUT2D eigenvalue weighted by Crippen LogP contribution is 2.32. The molecule has 1 rings (SSSR count). The third kappa shape index (κ3) is 3.76. The van der Waals surface area contributed by atoms with Crippen molar-refractivity contribution < 1.29 is 14.6 Å². The van der Waals surface area contributed by atoms with Gasteiger partial charge in [-0.3, -0.25) is 0 Å². The number of carboxylic acids is 1. The van der Waals surface area contributed by atoms with E-state index in [2.05, 4.69) is 18.7 Å². The summed E-state index contributed by atoms with van der Waals surface area (Å²) in [5, 5.41) is 17.8. The fraction of sp³-hybridized carbons (Fsp3) is 0.375. The van der Waals surface area contributed by atoms with Crippen LogP contribution in [-0.4, -0.2) is 31.3 Å². The van der Waals surface area contributed by atoms with Gasteiger partial charge in [-0.2, -0.15) is 5.26 Å². The number of anilines is 1. The summed E-state index contributed by atoms with van der Waals surface area (Å²) in [5.74, 6) is -0.568. The Kier molecular flexibility index (Phi) is 5.79. The molecule has 0 saturated heterocycles. The third-order valence-electron chi connectivity index (χ3n) is 3.32. The Morgan fingerprint density at radius 1 is 1.43 bits per heavy atom. The van der Waals surface area contributed by atoms with Gasteiger partial charge >= 0.3 is 5.97 Å². The topological polar surface area (TPSA) is 73.6 Å². The maximum absolute atomic E-state index is 10.9. The largest absolute Gasteiger partial charge is 0.495 e. The fourth-order valence-corrected chi connectivity index (χ4v) is 2.12. The van der Waals surface area contributed by atoms with Crippen LogP contribution in [0.1, 0.15) is 25.0 Å². The SMILES string of the molecule is CCN(CC)c1cc(C)c(C=C(C#N)C(=O)O)cc1OC. The van der Waals surface area contributed by atoms with Crippen LogP contribution in [0.15, 0.2) is 17.7 Å². The lowest BCUT2D eigenvalue weighted by Gasteiger charge is -2.24. The minimum Gasteiger partial charge on any atom is -0.495 e. The average molecular weight is 288 g/mol. The molecule has 0 heterocycles. The number of aryl methyl sites for hydroxylation is 1. The number of carboxylic acid groups (broad SMARTS) is 1. The number of nitrogens with zero attached hydrogens (tertiary/aromatic N) is 2. The van der Waals surface area contributed by atoms with Crippen LogP contribution in [0.3, 0.4) is 0 Å².